The Hall–Kier alpha value is -4.68. The molecule has 0 unspecified atom stereocenters. The SMILES string of the molecule is C[C@@H](c1ccc(NC(=O)[C@@H](CC(=O)C(F)(F)c2cccc(C#N)c2)C2CCCCCC2)c(F)c1)[C@@H](NC(=O)c1cnns1)C(=O)N1CCN(C)CC1. The van der Waals surface area contributed by atoms with Crippen LogP contribution in [0.3, 0.4) is 0 Å². The standard InChI is InChI=1S/C37H42F3N7O4S/c1-23(33(44-35(50)31-22-42-45-52-31)36(51)47-16-14-46(2)15-17-47)26-12-13-30(29(38)19-26)43-34(49)28(25-9-5-3-4-6-10-25)20-32(48)37(39,40)27-11-7-8-24(18-27)21-41/h7-8,11-13,18-19,22-23,25,28,33H,3-6,9-10,14-17,20H2,1-2H3,(H,43,49)(H,44,50)/t23-,28-,33+/m0/s1. The van der Waals surface area contributed by atoms with Crippen LogP contribution in [0.1, 0.15) is 84.1 Å². The molecule has 5 rings (SSSR count). The van der Waals surface area contributed by atoms with Crippen LogP contribution in [-0.2, 0) is 20.3 Å². The Morgan fingerprint density at radius 3 is 2.38 bits per heavy atom. The van der Waals surface area contributed by atoms with Crippen molar-refractivity contribution in [2.45, 2.75) is 69.8 Å². The Morgan fingerprint density at radius 1 is 1.04 bits per heavy atom. The summed E-state index contributed by atoms with van der Waals surface area (Å²) in [4.78, 5) is 57.8. The fourth-order valence-corrected chi connectivity index (χ4v) is 7.32. The van der Waals surface area contributed by atoms with Gasteiger partial charge in [-0.3, -0.25) is 19.2 Å². The number of hydrogen-bond acceptors (Lipinski definition) is 9. The van der Waals surface area contributed by atoms with E-state index >= 15 is 13.2 Å². The number of halogens is 3. The van der Waals surface area contributed by atoms with E-state index in [4.69, 9.17) is 0 Å². The molecule has 1 saturated carbocycles. The molecule has 2 fully saturated rings. The molecular weight excluding hydrogens is 696 g/mol. The third-order valence-corrected chi connectivity index (χ3v) is 10.8. The first-order valence-electron chi connectivity index (χ1n) is 17.5. The maximum absolute atomic E-state index is 15.8. The average molecular weight is 738 g/mol. The molecule has 52 heavy (non-hydrogen) atoms. The second-order valence-electron chi connectivity index (χ2n) is 13.6. The van der Waals surface area contributed by atoms with Crippen molar-refractivity contribution in [3.8, 4) is 6.07 Å². The van der Waals surface area contributed by atoms with Gasteiger partial charge in [0.2, 0.25) is 17.6 Å². The van der Waals surface area contributed by atoms with Crippen molar-refractivity contribution < 1.29 is 32.3 Å². The molecule has 3 atom stereocenters. The van der Waals surface area contributed by atoms with E-state index < -0.39 is 59.2 Å². The van der Waals surface area contributed by atoms with Gasteiger partial charge in [-0.15, -0.1) is 5.10 Å². The molecular formula is C37H42F3N7O4S. The number of rotatable bonds is 12. The Labute approximate surface area is 304 Å². The third-order valence-electron chi connectivity index (χ3n) is 10.1. The number of anilines is 1. The quantitative estimate of drug-likeness (QED) is 0.232. The topological polar surface area (TPSA) is 148 Å². The number of alkyl halides is 2. The van der Waals surface area contributed by atoms with Crippen LogP contribution in [0.4, 0.5) is 18.9 Å². The summed E-state index contributed by atoms with van der Waals surface area (Å²) < 4.78 is 50.4. The van der Waals surface area contributed by atoms with Gasteiger partial charge in [-0.25, -0.2) is 4.39 Å². The lowest BCUT2D eigenvalue weighted by molar-refractivity contribution is -0.147. The maximum atomic E-state index is 15.8. The number of aromatic nitrogens is 2. The molecule has 11 nitrogen and oxygen atoms in total. The zero-order chi connectivity index (χ0) is 37.4. The molecule has 276 valence electrons. The number of hydrogen-bond donors (Lipinski definition) is 2. The molecule has 1 aliphatic carbocycles. The zero-order valence-corrected chi connectivity index (χ0v) is 29.9. The molecule has 2 aliphatic rings. The van der Waals surface area contributed by atoms with Gasteiger partial charge in [-0.05, 0) is 67.2 Å². The van der Waals surface area contributed by atoms with Crippen LogP contribution in [0.15, 0.2) is 48.7 Å². The van der Waals surface area contributed by atoms with Gasteiger partial charge in [-0.1, -0.05) is 55.3 Å². The molecule has 0 radical (unpaired) electrons. The molecule has 3 amide bonds. The molecule has 0 bridgehead atoms. The highest BCUT2D eigenvalue weighted by Crippen LogP contribution is 2.37. The Balaban J connectivity index is 1.36. The van der Waals surface area contributed by atoms with Crippen LogP contribution in [0.25, 0.3) is 0 Å². The predicted octanol–water partition coefficient (Wildman–Crippen LogP) is 5.50. The fourth-order valence-electron chi connectivity index (χ4n) is 6.90. The summed E-state index contributed by atoms with van der Waals surface area (Å²) >= 11 is 0.878. The van der Waals surface area contributed by atoms with Crippen LogP contribution < -0.4 is 10.6 Å². The monoisotopic (exact) mass is 737 g/mol. The summed E-state index contributed by atoms with van der Waals surface area (Å²) in [6.07, 6.45) is 5.04. The Bertz CT molecular complexity index is 1790. The summed E-state index contributed by atoms with van der Waals surface area (Å²) in [7, 11) is 1.95. The van der Waals surface area contributed by atoms with Crippen molar-refractivity contribution in [3.05, 3.63) is 76.0 Å². The van der Waals surface area contributed by atoms with Crippen molar-refractivity contribution in [3.63, 3.8) is 0 Å². The van der Waals surface area contributed by atoms with Gasteiger partial charge in [0.15, 0.2) is 0 Å². The van der Waals surface area contributed by atoms with Gasteiger partial charge in [0.1, 0.15) is 16.7 Å². The molecule has 15 heteroatoms. The molecule has 2 heterocycles. The largest absolute Gasteiger partial charge is 0.339 e. The summed E-state index contributed by atoms with van der Waals surface area (Å²) in [6, 6.07) is 9.44. The van der Waals surface area contributed by atoms with Gasteiger partial charge in [0, 0.05) is 50.0 Å². The first-order chi connectivity index (χ1) is 24.9. The maximum Gasteiger partial charge on any atom is 0.330 e. The van der Waals surface area contributed by atoms with E-state index in [1.165, 1.54) is 36.5 Å². The number of amides is 3. The minimum atomic E-state index is -3.94. The van der Waals surface area contributed by atoms with Crippen molar-refractivity contribution in [1.29, 1.82) is 5.26 Å². The minimum Gasteiger partial charge on any atom is -0.339 e. The molecule has 1 saturated heterocycles. The van der Waals surface area contributed by atoms with Crippen LogP contribution in [-0.4, -0.2) is 82.2 Å². The fraction of sp³-hybridized carbons (Fsp3) is 0.486. The second-order valence-corrected chi connectivity index (χ2v) is 14.4. The molecule has 1 aromatic heterocycles. The molecule has 1 aliphatic heterocycles. The van der Waals surface area contributed by atoms with Gasteiger partial charge >= 0.3 is 5.92 Å². The van der Waals surface area contributed by atoms with Crippen molar-refractivity contribution in [2.75, 3.05) is 38.5 Å². The van der Waals surface area contributed by atoms with E-state index in [9.17, 15) is 24.4 Å². The zero-order valence-electron chi connectivity index (χ0n) is 29.1. The number of likely N-dealkylation sites (N-methyl/N-ethyl adjacent to an activating group) is 1. The first kappa shape index (κ1) is 38.5. The van der Waals surface area contributed by atoms with Crippen LogP contribution in [0.2, 0.25) is 0 Å². The number of nitrogens with one attached hydrogen (secondary N) is 2. The van der Waals surface area contributed by atoms with Crippen LogP contribution in [0.5, 0.6) is 0 Å². The van der Waals surface area contributed by atoms with E-state index in [2.05, 4.69) is 25.1 Å². The summed E-state index contributed by atoms with van der Waals surface area (Å²) in [6.45, 7) is 3.92. The van der Waals surface area contributed by atoms with E-state index in [0.29, 0.717) is 44.6 Å². The number of carbonyl (C=O) groups excluding carboxylic acids is 4. The number of Topliss-reactive ketones (excluding diaryl/α,β-unsaturated/α-hetero) is 1. The lowest BCUT2D eigenvalue weighted by atomic mass is 9.80. The lowest BCUT2D eigenvalue weighted by Crippen LogP contribution is -2.55. The van der Waals surface area contributed by atoms with Gasteiger partial charge in [0.05, 0.1) is 23.5 Å². The lowest BCUT2D eigenvalue weighted by Gasteiger charge is -2.36. The van der Waals surface area contributed by atoms with E-state index in [0.717, 1.165) is 49.3 Å². The molecule has 2 aromatic carbocycles. The van der Waals surface area contributed by atoms with Gasteiger partial charge < -0.3 is 20.4 Å². The number of piperazine rings is 1. The van der Waals surface area contributed by atoms with Crippen molar-refractivity contribution >= 4 is 40.7 Å². The van der Waals surface area contributed by atoms with Crippen molar-refractivity contribution in [2.24, 2.45) is 11.8 Å². The summed E-state index contributed by atoms with van der Waals surface area (Å²) in [5.41, 5.74) is -0.481. The first-order valence-corrected chi connectivity index (χ1v) is 18.2. The smallest absolute Gasteiger partial charge is 0.330 e. The average Bonchev–Trinajstić information content (AvgIpc) is 3.56. The number of carbonyl (C=O) groups is 4. The van der Waals surface area contributed by atoms with Gasteiger partial charge in [-0.2, -0.15) is 14.0 Å². The van der Waals surface area contributed by atoms with Crippen LogP contribution in [0, 0.1) is 29.0 Å². The summed E-state index contributed by atoms with van der Waals surface area (Å²) in [5, 5.41) is 18.2. The molecule has 2 N–H and O–H groups in total. The third kappa shape index (κ3) is 9.21. The highest BCUT2D eigenvalue weighted by atomic mass is 32.1. The number of ketones is 1. The van der Waals surface area contributed by atoms with Crippen molar-refractivity contribution in [1.82, 2.24) is 24.7 Å². The normalized spacial score (nSPS) is 17.7. The highest BCUT2D eigenvalue weighted by molar-refractivity contribution is 7.07. The van der Waals surface area contributed by atoms with E-state index in [1.807, 2.05) is 7.05 Å². The number of nitriles is 1. The minimum absolute atomic E-state index is 0.0224. The Morgan fingerprint density at radius 2 is 1.75 bits per heavy atom. The van der Waals surface area contributed by atoms with E-state index in [-0.39, 0.29) is 28.0 Å². The number of nitrogens with zero attached hydrogens (tertiary/aromatic N) is 5. The van der Waals surface area contributed by atoms with E-state index in [1.54, 1.807) is 17.9 Å². The number of benzene rings is 2. The van der Waals surface area contributed by atoms with Gasteiger partial charge in [0.25, 0.3) is 5.91 Å². The molecule has 3 aromatic rings. The second kappa shape index (κ2) is 17.2. The summed E-state index contributed by atoms with van der Waals surface area (Å²) in [5.74, 6) is -10.0. The molecule has 0 spiro atoms. The Kier molecular flexibility index (Phi) is 12.8. The van der Waals surface area contributed by atoms with Crippen LogP contribution >= 0.6 is 11.5 Å². The highest BCUT2D eigenvalue weighted by Gasteiger charge is 2.44. The predicted molar refractivity (Wildman–Crippen MR) is 188 cm³/mol.